The number of esters is 1. The first-order chi connectivity index (χ1) is 14.0. The quantitative estimate of drug-likeness (QED) is 0.805. The first-order valence-corrected chi connectivity index (χ1v) is 10.3. The zero-order valence-electron chi connectivity index (χ0n) is 16.7. The summed E-state index contributed by atoms with van der Waals surface area (Å²) in [7, 11) is 0. The molecule has 1 amide bonds. The maximum atomic E-state index is 13.0. The average Bonchev–Trinajstić information content (AvgIpc) is 3.19. The van der Waals surface area contributed by atoms with E-state index in [0.717, 1.165) is 66.2 Å². The van der Waals surface area contributed by atoms with Crippen LogP contribution in [0, 0.1) is 18.3 Å². The van der Waals surface area contributed by atoms with Gasteiger partial charge in [0.25, 0.3) is 5.91 Å². The molecule has 4 rings (SSSR count). The van der Waals surface area contributed by atoms with E-state index in [1.54, 1.807) is 0 Å². The molecule has 2 aromatic rings. The molecule has 1 heterocycles. The number of pyridine rings is 1. The number of aryl methyl sites for hydroxylation is 2. The molecule has 1 N–H and O–H groups in total. The lowest BCUT2D eigenvalue weighted by Crippen LogP contribution is -2.46. The molecule has 0 unspecified atom stereocenters. The Balaban J connectivity index is 1.57. The molecule has 1 aromatic carbocycles. The van der Waals surface area contributed by atoms with Crippen molar-refractivity contribution >= 4 is 22.8 Å². The van der Waals surface area contributed by atoms with Gasteiger partial charge in [0.15, 0.2) is 6.61 Å². The Labute approximate surface area is 170 Å². The summed E-state index contributed by atoms with van der Waals surface area (Å²) in [6.45, 7) is 1.59. The van der Waals surface area contributed by atoms with Gasteiger partial charge in [0.05, 0.1) is 17.1 Å². The van der Waals surface area contributed by atoms with Crippen molar-refractivity contribution in [2.24, 2.45) is 0 Å². The third-order valence-electron chi connectivity index (χ3n) is 6.01. The van der Waals surface area contributed by atoms with Crippen LogP contribution in [-0.2, 0) is 22.4 Å². The zero-order chi connectivity index (χ0) is 20.4. The number of rotatable bonds is 4. The second-order valence-corrected chi connectivity index (χ2v) is 8.17. The molecular weight excluding hydrogens is 366 g/mol. The molecule has 2 aliphatic rings. The molecule has 150 valence electrons. The minimum atomic E-state index is -0.816. The van der Waals surface area contributed by atoms with Crippen LogP contribution in [-0.4, -0.2) is 29.0 Å². The van der Waals surface area contributed by atoms with Crippen molar-refractivity contribution in [3.8, 4) is 6.07 Å². The fourth-order valence-corrected chi connectivity index (χ4v) is 4.52. The van der Waals surface area contributed by atoms with Gasteiger partial charge in [0, 0.05) is 11.1 Å². The van der Waals surface area contributed by atoms with Gasteiger partial charge in [-0.15, -0.1) is 0 Å². The summed E-state index contributed by atoms with van der Waals surface area (Å²) >= 11 is 0. The molecule has 1 fully saturated rings. The van der Waals surface area contributed by atoms with E-state index < -0.39 is 17.4 Å². The SMILES string of the molecule is Cc1ccc2nc3c(c(C(=O)OCC(=O)NC4(C#N)CCCC4)c2c1)CCCC3. The first kappa shape index (κ1) is 19.4. The highest BCUT2D eigenvalue weighted by molar-refractivity contribution is 6.05. The van der Waals surface area contributed by atoms with E-state index in [4.69, 9.17) is 9.72 Å². The van der Waals surface area contributed by atoms with Gasteiger partial charge >= 0.3 is 5.97 Å². The van der Waals surface area contributed by atoms with Crippen LogP contribution in [0.4, 0.5) is 0 Å². The molecule has 1 saturated carbocycles. The molecule has 0 spiro atoms. The molecule has 1 aromatic heterocycles. The number of carbonyl (C=O) groups excluding carboxylic acids is 2. The van der Waals surface area contributed by atoms with Crippen LogP contribution < -0.4 is 5.32 Å². The van der Waals surface area contributed by atoms with Gasteiger partial charge in [0.2, 0.25) is 0 Å². The third kappa shape index (κ3) is 3.82. The normalized spacial score (nSPS) is 17.4. The van der Waals surface area contributed by atoms with E-state index in [9.17, 15) is 14.9 Å². The highest BCUT2D eigenvalue weighted by Gasteiger charge is 2.35. The average molecular weight is 391 g/mol. The number of nitriles is 1. The minimum Gasteiger partial charge on any atom is -0.452 e. The summed E-state index contributed by atoms with van der Waals surface area (Å²) in [5.41, 5.74) is 3.45. The number of aromatic nitrogens is 1. The van der Waals surface area contributed by atoms with E-state index >= 15 is 0 Å². The molecule has 0 atom stereocenters. The monoisotopic (exact) mass is 391 g/mol. The summed E-state index contributed by atoms with van der Waals surface area (Å²) in [4.78, 5) is 30.2. The van der Waals surface area contributed by atoms with E-state index in [1.165, 1.54) is 0 Å². The van der Waals surface area contributed by atoms with Crippen molar-refractivity contribution < 1.29 is 14.3 Å². The Hall–Kier alpha value is -2.94. The Morgan fingerprint density at radius 3 is 2.72 bits per heavy atom. The van der Waals surface area contributed by atoms with E-state index in [2.05, 4.69) is 11.4 Å². The number of nitrogens with zero attached hydrogens (tertiary/aromatic N) is 2. The number of carbonyl (C=O) groups is 2. The van der Waals surface area contributed by atoms with Gasteiger partial charge < -0.3 is 10.1 Å². The summed E-state index contributed by atoms with van der Waals surface area (Å²) < 4.78 is 5.42. The molecule has 2 aliphatic carbocycles. The van der Waals surface area contributed by atoms with Crippen molar-refractivity contribution in [2.45, 2.75) is 63.8 Å². The van der Waals surface area contributed by atoms with Crippen LogP contribution in [0.5, 0.6) is 0 Å². The molecule has 29 heavy (non-hydrogen) atoms. The van der Waals surface area contributed by atoms with Crippen LogP contribution in [0.2, 0.25) is 0 Å². The van der Waals surface area contributed by atoms with Gasteiger partial charge in [-0.05, 0) is 76.0 Å². The van der Waals surface area contributed by atoms with Gasteiger partial charge in [0.1, 0.15) is 5.54 Å². The number of nitrogens with one attached hydrogen (secondary N) is 1. The van der Waals surface area contributed by atoms with Gasteiger partial charge in [-0.2, -0.15) is 5.26 Å². The van der Waals surface area contributed by atoms with Crippen molar-refractivity contribution in [1.29, 1.82) is 5.26 Å². The lowest BCUT2D eigenvalue weighted by molar-refractivity contribution is -0.125. The minimum absolute atomic E-state index is 0.382. The highest BCUT2D eigenvalue weighted by atomic mass is 16.5. The van der Waals surface area contributed by atoms with Crippen LogP contribution in [0.3, 0.4) is 0 Å². The smallest absolute Gasteiger partial charge is 0.339 e. The molecule has 0 saturated heterocycles. The van der Waals surface area contributed by atoms with Crippen LogP contribution >= 0.6 is 0 Å². The van der Waals surface area contributed by atoms with Crippen molar-refractivity contribution in [1.82, 2.24) is 10.3 Å². The van der Waals surface area contributed by atoms with Crippen molar-refractivity contribution in [3.63, 3.8) is 0 Å². The molecule has 6 nitrogen and oxygen atoms in total. The molecule has 6 heteroatoms. The number of hydrogen-bond acceptors (Lipinski definition) is 5. The molecule has 0 radical (unpaired) electrons. The van der Waals surface area contributed by atoms with Gasteiger partial charge in [-0.25, -0.2) is 4.79 Å². The summed E-state index contributed by atoms with van der Waals surface area (Å²) in [5, 5.41) is 13.0. The summed E-state index contributed by atoms with van der Waals surface area (Å²) in [6, 6.07) is 8.09. The van der Waals surface area contributed by atoms with Gasteiger partial charge in [-0.1, -0.05) is 11.6 Å². The van der Waals surface area contributed by atoms with E-state index in [0.29, 0.717) is 18.4 Å². The van der Waals surface area contributed by atoms with Crippen LogP contribution in [0.15, 0.2) is 18.2 Å². The number of benzene rings is 1. The standard InChI is InChI=1S/C23H25N3O3/c1-15-8-9-19-17(12-15)21(16-6-2-3-7-18(16)25-19)22(28)29-13-20(27)26-23(14-24)10-4-5-11-23/h8-9,12H,2-7,10-11,13H2,1H3,(H,26,27). The summed E-state index contributed by atoms with van der Waals surface area (Å²) in [6.07, 6.45) is 6.84. The van der Waals surface area contributed by atoms with Gasteiger partial charge in [-0.3, -0.25) is 9.78 Å². The Morgan fingerprint density at radius 1 is 1.21 bits per heavy atom. The lowest BCUT2D eigenvalue weighted by Gasteiger charge is -2.22. The van der Waals surface area contributed by atoms with Crippen LogP contribution in [0.1, 0.15) is 65.7 Å². The molecule has 0 aliphatic heterocycles. The third-order valence-corrected chi connectivity index (χ3v) is 6.01. The molecular formula is C23H25N3O3. The van der Waals surface area contributed by atoms with Crippen LogP contribution in [0.25, 0.3) is 10.9 Å². The predicted molar refractivity (Wildman–Crippen MR) is 108 cm³/mol. The zero-order valence-corrected chi connectivity index (χ0v) is 16.7. The highest BCUT2D eigenvalue weighted by Crippen LogP contribution is 2.31. The topological polar surface area (TPSA) is 92.1 Å². The summed E-state index contributed by atoms with van der Waals surface area (Å²) in [5.74, 6) is -0.918. The van der Waals surface area contributed by atoms with E-state index in [-0.39, 0.29) is 6.61 Å². The number of fused-ring (bicyclic) bond motifs is 2. The molecule has 0 bridgehead atoms. The number of hydrogen-bond donors (Lipinski definition) is 1. The Bertz CT molecular complexity index is 1020. The maximum absolute atomic E-state index is 13.0. The number of amides is 1. The second kappa shape index (κ2) is 7.82. The van der Waals surface area contributed by atoms with E-state index in [1.807, 2.05) is 25.1 Å². The predicted octanol–water partition coefficient (Wildman–Crippen LogP) is 3.53. The number of ether oxygens (including phenoxy) is 1. The Morgan fingerprint density at radius 2 is 1.97 bits per heavy atom. The van der Waals surface area contributed by atoms with Crippen molar-refractivity contribution in [2.75, 3.05) is 6.61 Å². The second-order valence-electron chi connectivity index (χ2n) is 8.17. The maximum Gasteiger partial charge on any atom is 0.339 e. The first-order valence-electron chi connectivity index (χ1n) is 10.3. The fourth-order valence-electron chi connectivity index (χ4n) is 4.52. The Kier molecular flexibility index (Phi) is 5.23. The lowest BCUT2D eigenvalue weighted by atomic mass is 9.89. The largest absolute Gasteiger partial charge is 0.452 e. The fraction of sp³-hybridized carbons (Fsp3) is 0.478. The van der Waals surface area contributed by atoms with Crippen molar-refractivity contribution in [3.05, 3.63) is 40.6 Å².